The minimum atomic E-state index is -0.322. The van der Waals surface area contributed by atoms with Gasteiger partial charge in [0.2, 0.25) is 0 Å². The number of para-hydroxylation sites is 1. The van der Waals surface area contributed by atoms with E-state index in [1.54, 1.807) is 42.5 Å². The van der Waals surface area contributed by atoms with Gasteiger partial charge in [-0.25, -0.2) is 0 Å². The molecule has 1 heterocycles. The molecule has 2 amide bonds. The molecule has 3 aromatic rings. The number of amides is 2. The Labute approximate surface area is 185 Å². The number of hydrogen-bond donors (Lipinski definition) is 1. The molecular weight excluding hydrogens is 419 g/mol. The predicted octanol–water partition coefficient (Wildman–Crippen LogP) is 6.40. The highest BCUT2D eigenvalue weighted by molar-refractivity contribution is 6.35. The van der Waals surface area contributed by atoms with Crippen LogP contribution in [0.2, 0.25) is 10.0 Å². The van der Waals surface area contributed by atoms with Gasteiger partial charge >= 0.3 is 0 Å². The number of benzene rings is 3. The lowest BCUT2D eigenvalue weighted by Crippen LogP contribution is -2.36. The van der Waals surface area contributed by atoms with Gasteiger partial charge in [-0.2, -0.15) is 0 Å². The molecule has 30 heavy (non-hydrogen) atoms. The quantitative estimate of drug-likeness (QED) is 0.514. The molecule has 1 N–H and O–H groups in total. The predicted molar refractivity (Wildman–Crippen MR) is 122 cm³/mol. The Hall–Kier alpha value is -2.82. The molecule has 0 saturated carbocycles. The largest absolute Gasteiger partial charge is 0.322 e. The van der Waals surface area contributed by atoms with Crippen molar-refractivity contribution in [2.45, 2.75) is 19.3 Å². The standard InChI is InChI=1S/C24H20Cl2N2O2/c1-15-10-11-28(22-5-3-2-4-21(15)22)24(30)16-6-8-20(9-7-16)27-23(29)17-12-18(25)14-19(26)13-17/h2-9,12-15H,10-11H2,1H3,(H,27,29). The van der Waals surface area contributed by atoms with Crippen molar-refractivity contribution in [3.63, 3.8) is 0 Å². The van der Waals surface area contributed by atoms with E-state index in [4.69, 9.17) is 23.2 Å². The first-order chi connectivity index (χ1) is 14.4. The van der Waals surface area contributed by atoms with Gasteiger partial charge in [-0.1, -0.05) is 48.3 Å². The van der Waals surface area contributed by atoms with Crippen molar-refractivity contribution < 1.29 is 9.59 Å². The lowest BCUT2D eigenvalue weighted by Gasteiger charge is -2.33. The molecular formula is C24H20Cl2N2O2. The van der Waals surface area contributed by atoms with Crippen LogP contribution in [0.15, 0.2) is 66.7 Å². The first-order valence-corrected chi connectivity index (χ1v) is 10.5. The molecule has 152 valence electrons. The smallest absolute Gasteiger partial charge is 0.258 e. The van der Waals surface area contributed by atoms with E-state index in [-0.39, 0.29) is 11.8 Å². The van der Waals surface area contributed by atoms with Crippen molar-refractivity contribution in [3.8, 4) is 0 Å². The summed E-state index contributed by atoms with van der Waals surface area (Å²) in [5, 5.41) is 3.59. The molecule has 6 heteroatoms. The van der Waals surface area contributed by atoms with E-state index in [9.17, 15) is 9.59 Å². The van der Waals surface area contributed by atoms with Crippen LogP contribution in [0.25, 0.3) is 0 Å². The molecule has 1 unspecified atom stereocenters. The number of nitrogens with one attached hydrogen (secondary N) is 1. The Morgan fingerprint density at radius 1 is 0.933 bits per heavy atom. The fourth-order valence-corrected chi connectivity index (χ4v) is 4.23. The third kappa shape index (κ3) is 4.20. The van der Waals surface area contributed by atoms with Gasteiger partial charge in [0.25, 0.3) is 11.8 Å². The van der Waals surface area contributed by atoms with E-state index in [1.165, 1.54) is 5.56 Å². The first kappa shape index (κ1) is 20.5. The Morgan fingerprint density at radius 2 is 1.60 bits per heavy atom. The molecule has 0 radical (unpaired) electrons. The fraction of sp³-hybridized carbons (Fsp3) is 0.167. The number of carbonyl (C=O) groups is 2. The maximum Gasteiger partial charge on any atom is 0.258 e. The third-order valence-corrected chi connectivity index (χ3v) is 5.74. The van der Waals surface area contributed by atoms with Gasteiger partial charge in [0.1, 0.15) is 0 Å². The van der Waals surface area contributed by atoms with Crippen LogP contribution in [-0.4, -0.2) is 18.4 Å². The van der Waals surface area contributed by atoms with Gasteiger partial charge in [-0.3, -0.25) is 9.59 Å². The van der Waals surface area contributed by atoms with Crippen molar-refractivity contribution in [2.24, 2.45) is 0 Å². The molecule has 0 saturated heterocycles. The van der Waals surface area contributed by atoms with Gasteiger partial charge in [0.15, 0.2) is 0 Å². The van der Waals surface area contributed by atoms with E-state index in [1.807, 2.05) is 23.1 Å². The van der Waals surface area contributed by atoms with E-state index in [2.05, 4.69) is 18.3 Å². The Morgan fingerprint density at radius 3 is 2.30 bits per heavy atom. The van der Waals surface area contributed by atoms with Gasteiger partial charge in [-0.15, -0.1) is 0 Å². The average Bonchev–Trinajstić information content (AvgIpc) is 2.73. The molecule has 0 bridgehead atoms. The second-order valence-corrected chi connectivity index (χ2v) is 8.27. The van der Waals surface area contributed by atoms with E-state index < -0.39 is 0 Å². The molecule has 1 aliphatic heterocycles. The summed E-state index contributed by atoms with van der Waals surface area (Å²) >= 11 is 11.9. The summed E-state index contributed by atoms with van der Waals surface area (Å²) in [6.07, 6.45) is 0.930. The highest BCUT2D eigenvalue weighted by Gasteiger charge is 2.26. The minimum Gasteiger partial charge on any atom is -0.322 e. The zero-order chi connectivity index (χ0) is 21.3. The molecule has 4 nitrogen and oxygen atoms in total. The van der Waals surface area contributed by atoms with Crippen LogP contribution in [-0.2, 0) is 0 Å². The van der Waals surface area contributed by atoms with Crippen LogP contribution in [0, 0.1) is 0 Å². The first-order valence-electron chi connectivity index (χ1n) is 9.70. The molecule has 4 rings (SSSR count). The maximum atomic E-state index is 13.1. The number of halogens is 2. The highest BCUT2D eigenvalue weighted by Crippen LogP contribution is 2.35. The van der Waals surface area contributed by atoms with Crippen molar-refractivity contribution in [3.05, 3.63) is 93.5 Å². The number of carbonyl (C=O) groups excluding carboxylic acids is 2. The van der Waals surface area contributed by atoms with Crippen molar-refractivity contribution in [2.75, 3.05) is 16.8 Å². The molecule has 1 atom stereocenters. The number of nitrogens with zero attached hydrogens (tertiary/aromatic N) is 1. The van der Waals surface area contributed by atoms with E-state index >= 15 is 0 Å². The summed E-state index contributed by atoms with van der Waals surface area (Å²) in [4.78, 5) is 27.4. The van der Waals surface area contributed by atoms with Crippen LogP contribution in [0.5, 0.6) is 0 Å². The van der Waals surface area contributed by atoms with Crippen LogP contribution >= 0.6 is 23.2 Å². The van der Waals surface area contributed by atoms with Gasteiger partial charge in [0, 0.05) is 39.1 Å². The molecule has 0 spiro atoms. The fourth-order valence-electron chi connectivity index (χ4n) is 3.70. The molecule has 0 fully saturated rings. The normalized spacial score (nSPS) is 15.4. The molecule has 0 aromatic heterocycles. The van der Waals surface area contributed by atoms with Crippen molar-refractivity contribution >= 4 is 46.4 Å². The third-order valence-electron chi connectivity index (χ3n) is 5.30. The van der Waals surface area contributed by atoms with Gasteiger partial charge in [-0.05, 0) is 66.4 Å². The van der Waals surface area contributed by atoms with Crippen molar-refractivity contribution in [1.82, 2.24) is 0 Å². The second kappa shape index (κ2) is 8.50. The summed E-state index contributed by atoms with van der Waals surface area (Å²) in [5.74, 6) is 0.0640. The van der Waals surface area contributed by atoms with E-state index in [0.29, 0.717) is 39.3 Å². The zero-order valence-electron chi connectivity index (χ0n) is 16.4. The summed E-state index contributed by atoms with van der Waals surface area (Å²) in [7, 11) is 0. The Kier molecular flexibility index (Phi) is 5.80. The summed E-state index contributed by atoms with van der Waals surface area (Å²) < 4.78 is 0. The minimum absolute atomic E-state index is 0.0474. The number of rotatable bonds is 3. The number of fused-ring (bicyclic) bond motifs is 1. The lowest BCUT2D eigenvalue weighted by molar-refractivity contribution is 0.0983. The summed E-state index contributed by atoms with van der Waals surface area (Å²) in [6.45, 7) is 2.87. The monoisotopic (exact) mass is 438 g/mol. The highest BCUT2D eigenvalue weighted by atomic mass is 35.5. The van der Waals surface area contributed by atoms with Gasteiger partial charge < -0.3 is 10.2 Å². The van der Waals surface area contributed by atoms with Gasteiger partial charge in [0.05, 0.1) is 0 Å². The summed E-state index contributed by atoms with van der Waals surface area (Å²) in [5.41, 5.74) is 3.69. The molecule has 1 aliphatic rings. The molecule has 3 aromatic carbocycles. The van der Waals surface area contributed by atoms with Crippen LogP contribution in [0.4, 0.5) is 11.4 Å². The maximum absolute atomic E-state index is 13.1. The lowest BCUT2D eigenvalue weighted by atomic mass is 9.91. The Bertz CT molecular complexity index is 1090. The zero-order valence-corrected chi connectivity index (χ0v) is 17.9. The van der Waals surface area contributed by atoms with Crippen LogP contribution < -0.4 is 10.2 Å². The average molecular weight is 439 g/mol. The SMILES string of the molecule is CC1CCN(C(=O)c2ccc(NC(=O)c3cc(Cl)cc(Cl)c3)cc2)c2ccccc21. The second-order valence-electron chi connectivity index (χ2n) is 7.39. The van der Waals surface area contributed by atoms with Crippen molar-refractivity contribution in [1.29, 1.82) is 0 Å². The topological polar surface area (TPSA) is 49.4 Å². The summed E-state index contributed by atoms with van der Waals surface area (Å²) in [6, 6.07) is 19.6. The number of hydrogen-bond acceptors (Lipinski definition) is 2. The van der Waals surface area contributed by atoms with Crippen LogP contribution in [0.3, 0.4) is 0 Å². The molecule has 0 aliphatic carbocycles. The number of anilines is 2. The van der Waals surface area contributed by atoms with Crippen LogP contribution in [0.1, 0.15) is 45.5 Å². The van der Waals surface area contributed by atoms with E-state index in [0.717, 1.165) is 12.1 Å². The Balaban J connectivity index is 1.50.